The van der Waals surface area contributed by atoms with E-state index in [0.29, 0.717) is 11.4 Å². The Bertz CT molecular complexity index is 609. The lowest BCUT2D eigenvalue weighted by Crippen LogP contribution is -2.14. The molecule has 1 aliphatic rings. The van der Waals surface area contributed by atoms with E-state index in [1.165, 1.54) is 0 Å². The maximum Gasteiger partial charge on any atom is 0.368 e. The molecule has 0 saturated heterocycles. The first-order valence-electron chi connectivity index (χ1n) is 5.25. The standard InChI is InChI=1S/C13H9N3O/c17-13-15-11(9-5-2-1-3-6-9)12(16-13)10-7-4-8-14-10/h1-8,14H. The molecule has 0 aliphatic carbocycles. The Hall–Kier alpha value is -2.49. The van der Waals surface area contributed by atoms with Gasteiger partial charge in [-0.2, -0.15) is 9.98 Å². The molecule has 1 aromatic heterocycles. The molecule has 2 amide bonds. The normalized spacial score (nSPS) is 14.7. The van der Waals surface area contributed by atoms with E-state index in [0.717, 1.165) is 11.3 Å². The molecule has 2 aromatic rings. The number of carbonyl (C=O) groups excluding carboxylic acids is 1. The summed E-state index contributed by atoms with van der Waals surface area (Å²) in [7, 11) is 0. The van der Waals surface area contributed by atoms with Gasteiger partial charge in [0.2, 0.25) is 0 Å². The summed E-state index contributed by atoms with van der Waals surface area (Å²) in [6.45, 7) is 0. The molecule has 4 nitrogen and oxygen atoms in total. The lowest BCUT2D eigenvalue weighted by atomic mass is 10.0. The Morgan fingerprint density at radius 1 is 0.882 bits per heavy atom. The summed E-state index contributed by atoms with van der Waals surface area (Å²) in [6, 6.07) is 12.9. The highest BCUT2D eigenvalue weighted by Gasteiger charge is 2.22. The Balaban J connectivity index is 2.09. The molecule has 0 bridgehead atoms. The fraction of sp³-hybridized carbons (Fsp3) is 0. The van der Waals surface area contributed by atoms with Gasteiger partial charge in [0, 0.05) is 11.8 Å². The van der Waals surface area contributed by atoms with Crippen molar-refractivity contribution in [1.29, 1.82) is 0 Å². The van der Waals surface area contributed by atoms with Gasteiger partial charge in [0.1, 0.15) is 11.4 Å². The molecular weight excluding hydrogens is 214 g/mol. The van der Waals surface area contributed by atoms with Crippen molar-refractivity contribution >= 4 is 17.5 Å². The molecular formula is C13H9N3O. The first-order chi connectivity index (χ1) is 8.34. The third-order valence-corrected chi connectivity index (χ3v) is 2.54. The molecule has 0 atom stereocenters. The third kappa shape index (κ3) is 1.69. The monoisotopic (exact) mass is 223 g/mol. The summed E-state index contributed by atoms with van der Waals surface area (Å²) >= 11 is 0. The summed E-state index contributed by atoms with van der Waals surface area (Å²) in [6.07, 6.45) is 1.79. The number of aromatic nitrogens is 1. The molecule has 0 radical (unpaired) electrons. The average molecular weight is 223 g/mol. The lowest BCUT2D eigenvalue weighted by Gasteiger charge is -2.02. The number of hydrogen-bond acceptors (Lipinski definition) is 1. The topological polar surface area (TPSA) is 57.6 Å². The Kier molecular flexibility index (Phi) is 2.19. The largest absolute Gasteiger partial charge is 0.368 e. The van der Waals surface area contributed by atoms with E-state index in [4.69, 9.17) is 0 Å². The molecule has 1 aliphatic heterocycles. The number of hydrogen-bond donors (Lipinski definition) is 1. The van der Waals surface area contributed by atoms with Gasteiger partial charge in [-0.25, -0.2) is 4.79 Å². The molecule has 0 spiro atoms. The Morgan fingerprint density at radius 3 is 2.35 bits per heavy atom. The van der Waals surface area contributed by atoms with Gasteiger partial charge < -0.3 is 4.98 Å². The minimum Gasteiger partial charge on any atom is -0.360 e. The number of H-pyrrole nitrogens is 1. The van der Waals surface area contributed by atoms with Gasteiger partial charge in [0.25, 0.3) is 0 Å². The van der Waals surface area contributed by atoms with Crippen LogP contribution in [0.5, 0.6) is 0 Å². The molecule has 2 heterocycles. The quantitative estimate of drug-likeness (QED) is 0.835. The number of amides is 2. The zero-order valence-electron chi connectivity index (χ0n) is 8.92. The van der Waals surface area contributed by atoms with Crippen molar-refractivity contribution < 1.29 is 4.79 Å². The summed E-state index contributed by atoms with van der Waals surface area (Å²) in [5.41, 5.74) is 2.93. The average Bonchev–Trinajstić information content (AvgIpc) is 2.98. The van der Waals surface area contributed by atoms with Crippen molar-refractivity contribution in [1.82, 2.24) is 4.98 Å². The highest BCUT2D eigenvalue weighted by atomic mass is 16.2. The first-order valence-corrected chi connectivity index (χ1v) is 5.25. The second-order valence-electron chi connectivity index (χ2n) is 3.65. The van der Waals surface area contributed by atoms with E-state index >= 15 is 0 Å². The predicted molar refractivity (Wildman–Crippen MR) is 65.7 cm³/mol. The van der Waals surface area contributed by atoms with Crippen molar-refractivity contribution in [3.63, 3.8) is 0 Å². The zero-order valence-corrected chi connectivity index (χ0v) is 8.92. The second kappa shape index (κ2) is 3.83. The number of aromatic amines is 1. The third-order valence-electron chi connectivity index (χ3n) is 2.54. The van der Waals surface area contributed by atoms with E-state index < -0.39 is 6.03 Å². The predicted octanol–water partition coefficient (Wildman–Crippen LogP) is 2.43. The maximum absolute atomic E-state index is 11.3. The number of urea groups is 1. The number of aliphatic imine (C=N–C) groups is 2. The summed E-state index contributed by atoms with van der Waals surface area (Å²) in [4.78, 5) is 22.3. The van der Waals surface area contributed by atoms with Crippen molar-refractivity contribution in [2.75, 3.05) is 0 Å². The molecule has 3 rings (SSSR count). The van der Waals surface area contributed by atoms with Gasteiger partial charge in [0.15, 0.2) is 0 Å². The smallest absolute Gasteiger partial charge is 0.360 e. The number of carbonyl (C=O) groups is 1. The minimum atomic E-state index is -0.451. The molecule has 4 heteroatoms. The summed E-state index contributed by atoms with van der Waals surface area (Å²) < 4.78 is 0. The van der Waals surface area contributed by atoms with Crippen LogP contribution in [0.3, 0.4) is 0 Å². The van der Waals surface area contributed by atoms with E-state index in [-0.39, 0.29) is 0 Å². The summed E-state index contributed by atoms with van der Waals surface area (Å²) in [5, 5.41) is 0. The second-order valence-corrected chi connectivity index (χ2v) is 3.65. The van der Waals surface area contributed by atoms with Gasteiger partial charge in [0.05, 0.1) is 5.69 Å². The highest BCUT2D eigenvalue weighted by molar-refractivity contribution is 6.57. The fourth-order valence-electron chi connectivity index (χ4n) is 1.78. The van der Waals surface area contributed by atoms with Gasteiger partial charge >= 0.3 is 6.03 Å². The van der Waals surface area contributed by atoms with Gasteiger partial charge in [-0.1, -0.05) is 30.3 Å². The molecule has 1 aromatic carbocycles. The Labute approximate surface area is 97.7 Å². The maximum atomic E-state index is 11.3. The summed E-state index contributed by atoms with van der Waals surface area (Å²) in [5.74, 6) is 0. The molecule has 1 N–H and O–H groups in total. The van der Waals surface area contributed by atoms with Crippen LogP contribution in [0.1, 0.15) is 11.3 Å². The number of nitrogens with zero attached hydrogens (tertiary/aromatic N) is 2. The number of nitrogens with one attached hydrogen (secondary N) is 1. The number of rotatable bonds is 2. The van der Waals surface area contributed by atoms with E-state index in [1.54, 1.807) is 6.20 Å². The highest BCUT2D eigenvalue weighted by Crippen LogP contribution is 2.14. The molecule has 17 heavy (non-hydrogen) atoms. The Morgan fingerprint density at radius 2 is 1.65 bits per heavy atom. The molecule has 82 valence electrons. The van der Waals surface area contributed by atoms with Crippen LogP contribution >= 0.6 is 0 Å². The van der Waals surface area contributed by atoms with E-state index in [2.05, 4.69) is 15.0 Å². The van der Waals surface area contributed by atoms with Crippen LogP contribution < -0.4 is 0 Å². The van der Waals surface area contributed by atoms with Crippen LogP contribution in [0.4, 0.5) is 4.79 Å². The van der Waals surface area contributed by atoms with Gasteiger partial charge in [-0.05, 0) is 12.1 Å². The van der Waals surface area contributed by atoms with Crippen molar-refractivity contribution in [2.24, 2.45) is 9.98 Å². The van der Waals surface area contributed by atoms with Gasteiger partial charge in [-0.3, -0.25) is 0 Å². The van der Waals surface area contributed by atoms with Crippen molar-refractivity contribution in [3.05, 3.63) is 59.9 Å². The van der Waals surface area contributed by atoms with Crippen LogP contribution in [-0.2, 0) is 0 Å². The number of benzene rings is 1. The van der Waals surface area contributed by atoms with Crippen LogP contribution in [0.2, 0.25) is 0 Å². The van der Waals surface area contributed by atoms with Gasteiger partial charge in [-0.15, -0.1) is 0 Å². The molecule has 0 unspecified atom stereocenters. The van der Waals surface area contributed by atoms with E-state index in [9.17, 15) is 4.79 Å². The van der Waals surface area contributed by atoms with Crippen molar-refractivity contribution in [3.8, 4) is 0 Å². The van der Waals surface area contributed by atoms with E-state index in [1.807, 2.05) is 42.5 Å². The minimum absolute atomic E-state index is 0.451. The first kappa shape index (κ1) is 9.72. The van der Waals surface area contributed by atoms with Crippen LogP contribution in [-0.4, -0.2) is 22.4 Å². The van der Waals surface area contributed by atoms with Crippen LogP contribution in [0.15, 0.2) is 58.6 Å². The lowest BCUT2D eigenvalue weighted by molar-refractivity contribution is 0.257. The zero-order chi connectivity index (χ0) is 11.7. The van der Waals surface area contributed by atoms with Crippen LogP contribution in [0, 0.1) is 0 Å². The molecule has 0 fully saturated rings. The SMILES string of the molecule is O=C1N=C(c2ccccc2)C(c2ccc[nH]2)=N1. The van der Waals surface area contributed by atoms with Crippen LogP contribution in [0.25, 0.3) is 0 Å². The molecule has 0 saturated carbocycles. The van der Waals surface area contributed by atoms with Crippen molar-refractivity contribution in [2.45, 2.75) is 0 Å². The fourth-order valence-corrected chi connectivity index (χ4v) is 1.78.